The van der Waals surface area contributed by atoms with Gasteiger partial charge in [0.15, 0.2) is 0 Å². The van der Waals surface area contributed by atoms with Crippen molar-refractivity contribution >= 4 is 5.69 Å². The van der Waals surface area contributed by atoms with Crippen molar-refractivity contribution in [2.45, 2.75) is 26.4 Å². The third-order valence-corrected chi connectivity index (χ3v) is 3.55. The van der Waals surface area contributed by atoms with Crippen molar-refractivity contribution in [2.24, 2.45) is 5.92 Å². The Labute approximate surface area is 102 Å². The van der Waals surface area contributed by atoms with Gasteiger partial charge in [-0.1, -0.05) is 13.8 Å². The lowest BCUT2D eigenvalue weighted by Gasteiger charge is -2.48. The second-order valence-corrected chi connectivity index (χ2v) is 5.03. The molecule has 0 spiro atoms. The summed E-state index contributed by atoms with van der Waals surface area (Å²) in [4.78, 5) is 6.25. The molecule has 0 aromatic carbocycles. The number of methoxy groups -OCH3 is 1. The van der Waals surface area contributed by atoms with E-state index in [2.05, 4.69) is 4.98 Å². The van der Waals surface area contributed by atoms with Crippen molar-refractivity contribution in [3.8, 4) is 5.75 Å². The maximum Gasteiger partial charge on any atom is 0.147 e. The van der Waals surface area contributed by atoms with Crippen LogP contribution in [0.4, 0.5) is 10.1 Å². The van der Waals surface area contributed by atoms with E-state index in [-0.39, 0.29) is 5.92 Å². The lowest BCUT2D eigenvalue weighted by Crippen LogP contribution is -2.62. The van der Waals surface area contributed by atoms with Crippen LogP contribution >= 0.6 is 0 Å². The molecule has 3 nitrogen and oxygen atoms in total. The summed E-state index contributed by atoms with van der Waals surface area (Å²) in [5.41, 5.74) is 0.728. The molecule has 1 aromatic rings. The van der Waals surface area contributed by atoms with E-state index in [4.69, 9.17) is 4.74 Å². The van der Waals surface area contributed by atoms with Gasteiger partial charge in [0.05, 0.1) is 37.8 Å². The van der Waals surface area contributed by atoms with Gasteiger partial charge in [-0.2, -0.15) is 0 Å². The molecule has 2 rings (SSSR count). The molecule has 0 atom stereocenters. The van der Waals surface area contributed by atoms with Crippen LogP contribution in [0.1, 0.15) is 19.5 Å². The smallest absolute Gasteiger partial charge is 0.147 e. The second-order valence-electron chi connectivity index (χ2n) is 5.03. The number of alkyl halides is 1. The molecule has 0 amide bonds. The first-order valence-electron chi connectivity index (χ1n) is 5.91. The highest BCUT2D eigenvalue weighted by atomic mass is 19.1. The molecule has 0 radical (unpaired) electrons. The Balaban J connectivity index is 2.11. The number of pyridine rings is 1. The van der Waals surface area contributed by atoms with E-state index in [1.807, 2.05) is 31.7 Å². The highest BCUT2D eigenvalue weighted by Gasteiger charge is 2.46. The van der Waals surface area contributed by atoms with Crippen LogP contribution < -0.4 is 9.64 Å². The minimum Gasteiger partial charge on any atom is -0.495 e. The average Bonchev–Trinajstić information content (AvgIpc) is 2.25. The Bertz CT molecular complexity index is 414. The molecule has 0 bridgehead atoms. The van der Waals surface area contributed by atoms with Gasteiger partial charge in [-0.3, -0.25) is 4.98 Å². The Kier molecular flexibility index (Phi) is 2.98. The van der Waals surface area contributed by atoms with Crippen LogP contribution in [-0.2, 0) is 0 Å². The summed E-state index contributed by atoms with van der Waals surface area (Å²) in [6, 6.07) is 1.92. The zero-order valence-corrected chi connectivity index (χ0v) is 10.8. The summed E-state index contributed by atoms with van der Waals surface area (Å²) in [5, 5.41) is 0. The predicted octanol–water partition coefficient (Wildman–Crippen LogP) is 2.58. The van der Waals surface area contributed by atoms with E-state index in [1.165, 1.54) is 0 Å². The Morgan fingerprint density at radius 3 is 2.65 bits per heavy atom. The van der Waals surface area contributed by atoms with Gasteiger partial charge < -0.3 is 9.64 Å². The predicted molar refractivity (Wildman–Crippen MR) is 66.4 cm³/mol. The molecule has 1 aliphatic rings. The standard InChI is InChI=1S/C13H19FN2O/c1-9(2)13(14)7-16(8-13)11-5-12(17-4)10(3)15-6-11/h5-6,9H,7-8H2,1-4H3. The number of ether oxygens (including phenoxy) is 1. The summed E-state index contributed by atoms with van der Waals surface area (Å²) in [6.07, 6.45) is 1.78. The minimum absolute atomic E-state index is 0.0547. The molecular formula is C13H19FN2O. The number of hydrogen-bond donors (Lipinski definition) is 0. The van der Waals surface area contributed by atoms with Crippen LogP contribution in [0.5, 0.6) is 5.75 Å². The molecule has 0 unspecified atom stereocenters. The molecule has 94 valence electrons. The fraction of sp³-hybridized carbons (Fsp3) is 0.615. The van der Waals surface area contributed by atoms with Crippen molar-refractivity contribution in [1.29, 1.82) is 0 Å². The molecule has 1 saturated heterocycles. The first-order chi connectivity index (χ1) is 7.96. The fourth-order valence-electron chi connectivity index (χ4n) is 2.02. The molecule has 0 aliphatic carbocycles. The van der Waals surface area contributed by atoms with Crippen LogP contribution in [-0.4, -0.2) is 30.9 Å². The van der Waals surface area contributed by atoms with E-state index < -0.39 is 5.67 Å². The summed E-state index contributed by atoms with van der Waals surface area (Å²) >= 11 is 0. The lowest BCUT2D eigenvalue weighted by atomic mass is 9.84. The van der Waals surface area contributed by atoms with E-state index in [9.17, 15) is 4.39 Å². The first-order valence-corrected chi connectivity index (χ1v) is 5.91. The highest BCUT2D eigenvalue weighted by molar-refractivity contribution is 5.53. The maximum atomic E-state index is 14.1. The number of aryl methyl sites for hydroxylation is 1. The largest absolute Gasteiger partial charge is 0.495 e. The fourth-order valence-corrected chi connectivity index (χ4v) is 2.02. The number of rotatable bonds is 3. The van der Waals surface area contributed by atoms with Crippen molar-refractivity contribution in [2.75, 3.05) is 25.1 Å². The second kappa shape index (κ2) is 4.17. The maximum absolute atomic E-state index is 14.1. The first kappa shape index (κ1) is 12.1. The minimum atomic E-state index is -1.06. The average molecular weight is 238 g/mol. The van der Waals surface area contributed by atoms with Crippen LogP contribution in [0.25, 0.3) is 0 Å². The normalized spacial score (nSPS) is 18.1. The van der Waals surface area contributed by atoms with Gasteiger partial charge in [0.1, 0.15) is 11.4 Å². The molecule has 4 heteroatoms. The number of halogens is 1. The SMILES string of the molecule is COc1cc(N2CC(F)(C(C)C)C2)cnc1C. The Morgan fingerprint density at radius 2 is 2.12 bits per heavy atom. The van der Waals surface area contributed by atoms with Crippen molar-refractivity contribution in [3.63, 3.8) is 0 Å². The molecule has 0 N–H and O–H groups in total. The molecule has 1 aliphatic heterocycles. The van der Waals surface area contributed by atoms with Gasteiger partial charge in [0, 0.05) is 6.07 Å². The number of aromatic nitrogens is 1. The summed E-state index contributed by atoms with van der Waals surface area (Å²) in [5.74, 6) is 0.808. The molecule has 1 fully saturated rings. The van der Waals surface area contributed by atoms with Gasteiger partial charge in [-0.05, 0) is 12.8 Å². The van der Waals surface area contributed by atoms with Gasteiger partial charge >= 0.3 is 0 Å². The highest BCUT2D eigenvalue weighted by Crippen LogP contribution is 2.37. The van der Waals surface area contributed by atoms with E-state index >= 15 is 0 Å². The van der Waals surface area contributed by atoms with Crippen LogP contribution in [0.15, 0.2) is 12.3 Å². The van der Waals surface area contributed by atoms with Crippen molar-refractivity contribution < 1.29 is 9.13 Å². The number of anilines is 1. The Morgan fingerprint density at radius 1 is 1.47 bits per heavy atom. The zero-order chi connectivity index (χ0) is 12.6. The van der Waals surface area contributed by atoms with Gasteiger partial charge in [-0.25, -0.2) is 4.39 Å². The van der Waals surface area contributed by atoms with Crippen molar-refractivity contribution in [3.05, 3.63) is 18.0 Å². The number of nitrogens with zero attached hydrogens (tertiary/aromatic N) is 2. The third kappa shape index (κ3) is 2.08. The third-order valence-electron chi connectivity index (χ3n) is 3.55. The molecule has 17 heavy (non-hydrogen) atoms. The summed E-state index contributed by atoms with van der Waals surface area (Å²) < 4.78 is 19.4. The van der Waals surface area contributed by atoms with E-state index in [0.717, 1.165) is 17.1 Å². The topological polar surface area (TPSA) is 25.4 Å². The van der Waals surface area contributed by atoms with Crippen LogP contribution in [0.2, 0.25) is 0 Å². The van der Waals surface area contributed by atoms with Gasteiger partial charge in [0.2, 0.25) is 0 Å². The van der Waals surface area contributed by atoms with Crippen LogP contribution in [0, 0.1) is 12.8 Å². The van der Waals surface area contributed by atoms with Crippen molar-refractivity contribution in [1.82, 2.24) is 4.98 Å². The molecule has 1 aromatic heterocycles. The number of hydrogen-bond acceptors (Lipinski definition) is 3. The zero-order valence-electron chi connectivity index (χ0n) is 10.8. The molecule has 0 saturated carbocycles. The van der Waals surface area contributed by atoms with Crippen LogP contribution in [0.3, 0.4) is 0 Å². The lowest BCUT2D eigenvalue weighted by molar-refractivity contribution is 0.0653. The Hall–Kier alpha value is -1.32. The van der Waals surface area contributed by atoms with E-state index in [1.54, 1.807) is 13.3 Å². The van der Waals surface area contributed by atoms with Gasteiger partial charge in [-0.15, -0.1) is 0 Å². The summed E-state index contributed by atoms with van der Waals surface area (Å²) in [7, 11) is 1.62. The quantitative estimate of drug-likeness (QED) is 0.809. The summed E-state index contributed by atoms with van der Waals surface area (Å²) in [6.45, 7) is 6.63. The molecule has 2 heterocycles. The van der Waals surface area contributed by atoms with E-state index in [0.29, 0.717) is 13.1 Å². The molecular weight excluding hydrogens is 219 g/mol. The van der Waals surface area contributed by atoms with Gasteiger partial charge in [0.25, 0.3) is 0 Å². The monoisotopic (exact) mass is 238 g/mol.